The summed E-state index contributed by atoms with van der Waals surface area (Å²) in [6, 6.07) is 0.253. The van der Waals surface area contributed by atoms with Crippen molar-refractivity contribution < 1.29 is 28.2 Å². The number of nitrogens with one attached hydrogen (secondary N) is 1. The number of hydrogen-bond donors (Lipinski definition) is 3. The second kappa shape index (κ2) is 11.1. The summed E-state index contributed by atoms with van der Waals surface area (Å²) in [5, 5.41) is 3.17. The SMILES string of the molecule is COC(=O)[C@H](F)C[C@H](NC(=O)c1cc(C)c(N(C)Cc2cnc3nc(N)nc(N)c3n2)s1)C(=O)OC. The van der Waals surface area contributed by atoms with Gasteiger partial charge in [-0.25, -0.2) is 23.9 Å². The maximum Gasteiger partial charge on any atom is 0.340 e. The molecule has 0 unspecified atom stereocenters. The van der Waals surface area contributed by atoms with Crippen molar-refractivity contribution in [1.82, 2.24) is 25.3 Å². The fraction of sp³-hybridized carbons (Fsp3) is 0.381. The minimum absolute atomic E-state index is 0.000884. The third-order valence-electron chi connectivity index (χ3n) is 5.05. The minimum Gasteiger partial charge on any atom is -0.467 e. The average molecular weight is 521 g/mol. The first kappa shape index (κ1) is 26.5. The second-order valence-corrected chi connectivity index (χ2v) is 8.76. The number of carbonyl (C=O) groups is 3. The number of esters is 2. The Bertz CT molecular complexity index is 1300. The molecular formula is C21H25FN8O5S. The number of halogens is 1. The Balaban J connectivity index is 1.75. The Labute approximate surface area is 209 Å². The van der Waals surface area contributed by atoms with Crippen molar-refractivity contribution in [2.75, 3.05) is 37.6 Å². The molecule has 0 radical (unpaired) electrons. The predicted molar refractivity (Wildman–Crippen MR) is 130 cm³/mol. The molecule has 0 aliphatic heterocycles. The van der Waals surface area contributed by atoms with Gasteiger partial charge in [-0.2, -0.15) is 9.97 Å². The van der Waals surface area contributed by atoms with E-state index >= 15 is 0 Å². The summed E-state index contributed by atoms with van der Waals surface area (Å²) in [6.07, 6.45) is -1.19. The van der Waals surface area contributed by atoms with E-state index in [0.717, 1.165) is 36.1 Å². The van der Waals surface area contributed by atoms with E-state index in [0.29, 0.717) is 17.8 Å². The number of carbonyl (C=O) groups excluding carboxylic acids is 3. The van der Waals surface area contributed by atoms with Gasteiger partial charge in [0.2, 0.25) is 5.95 Å². The molecule has 3 rings (SSSR count). The van der Waals surface area contributed by atoms with Crippen LogP contribution >= 0.6 is 11.3 Å². The monoisotopic (exact) mass is 520 g/mol. The number of nitrogens with zero attached hydrogens (tertiary/aromatic N) is 5. The summed E-state index contributed by atoms with van der Waals surface area (Å²) in [5.41, 5.74) is 13.4. The van der Waals surface area contributed by atoms with Crippen molar-refractivity contribution in [3.05, 3.63) is 28.4 Å². The van der Waals surface area contributed by atoms with Crippen molar-refractivity contribution >= 4 is 57.1 Å². The first-order valence-corrected chi connectivity index (χ1v) is 11.3. The molecule has 1 amide bonds. The van der Waals surface area contributed by atoms with Crippen LogP contribution in [0.4, 0.5) is 21.2 Å². The first-order valence-electron chi connectivity index (χ1n) is 10.5. The topological polar surface area (TPSA) is 189 Å². The van der Waals surface area contributed by atoms with E-state index in [9.17, 15) is 18.8 Å². The number of aryl methyl sites for hydroxylation is 1. The molecule has 0 aromatic carbocycles. The van der Waals surface area contributed by atoms with Gasteiger partial charge in [0.1, 0.15) is 6.04 Å². The van der Waals surface area contributed by atoms with Crippen LogP contribution in [-0.4, -0.2) is 71.3 Å². The standard InChI is InChI=1S/C21H25FN8O5S/c1-9-5-13(17(31)27-12(20(33)35-4)6-11(22)19(32)34-3)36-18(9)30(2)8-10-7-25-16-14(26-10)15(23)28-21(24)29-16/h5,7,11-12H,6,8H2,1-4H3,(H,27,31)(H4,23,24,25,28,29)/t11-,12+/m1/s1. The molecular weight excluding hydrogens is 495 g/mol. The number of methoxy groups -OCH3 is 2. The number of rotatable bonds is 9. The summed E-state index contributed by atoms with van der Waals surface area (Å²) in [4.78, 5) is 55.0. The van der Waals surface area contributed by atoms with Crippen molar-refractivity contribution in [2.45, 2.75) is 32.1 Å². The lowest BCUT2D eigenvalue weighted by molar-refractivity contribution is -0.148. The van der Waals surface area contributed by atoms with Crippen molar-refractivity contribution in [3.63, 3.8) is 0 Å². The summed E-state index contributed by atoms with van der Waals surface area (Å²) in [6.45, 7) is 2.13. The molecule has 13 nitrogen and oxygen atoms in total. The van der Waals surface area contributed by atoms with Crippen molar-refractivity contribution in [3.8, 4) is 0 Å². The lowest BCUT2D eigenvalue weighted by Gasteiger charge is -2.18. The Morgan fingerprint density at radius 3 is 2.53 bits per heavy atom. The molecule has 0 fully saturated rings. The Kier molecular flexibility index (Phi) is 8.14. The maximum atomic E-state index is 14.0. The molecule has 0 bridgehead atoms. The van der Waals surface area contributed by atoms with Crippen LogP contribution in [0.25, 0.3) is 11.2 Å². The molecule has 0 spiro atoms. The molecule has 3 aromatic heterocycles. The highest BCUT2D eigenvalue weighted by Gasteiger charge is 2.30. The van der Waals surface area contributed by atoms with Gasteiger partial charge < -0.3 is 31.2 Å². The number of anilines is 3. The van der Waals surface area contributed by atoms with Gasteiger partial charge in [-0.1, -0.05) is 0 Å². The van der Waals surface area contributed by atoms with E-state index in [1.54, 1.807) is 13.1 Å². The lowest BCUT2D eigenvalue weighted by atomic mass is 10.1. The van der Waals surface area contributed by atoms with E-state index in [1.165, 1.54) is 6.20 Å². The van der Waals surface area contributed by atoms with Crippen LogP contribution < -0.4 is 21.7 Å². The zero-order valence-electron chi connectivity index (χ0n) is 19.9. The molecule has 3 aromatic rings. The highest BCUT2D eigenvalue weighted by atomic mass is 32.1. The van der Waals surface area contributed by atoms with E-state index in [-0.39, 0.29) is 22.3 Å². The normalized spacial score (nSPS) is 12.6. The number of alkyl halides is 1. The molecule has 15 heteroatoms. The van der Waals surface area contributed by atoms with Gasteiger partial charge in [0, 0.05) is 13.5 Å². The fourth-order valence-corrected chi connectivity index (χ4v) is 4.39. The van der Waals surface area contributed by atoms with Crippen LogP contribution in [0.1, 0.15) is 27.3 Å². The van der Waals surface area contributed by atoms with Gasteiger partial charge in [0.15, 0.2) is 23.2 Å². The summed E-state index contributed by atoms with van der Waals surface area (Å²) in [7, 11) is 3.92. The average Bonchev–Trinajstić information content (AvgIpc) is 3.24. The van der Waals surface area contributed by atoms with Crippen molar-refractivity contribution in [2.24, 2.45) is 0 Å². The predicted octanol–water partition coefficient (Wildman–Crippen LogP) is 0.763. The van der Waals surface area contributed by atoms with E-state index in [1.807, 2.05) is 11.8 Å². The molecule has 0 saturated carbocycles. The van der Waals surface area contributed by atoms with Gasteiger partial charge in [0.05, 0.1) is 42.5 Å². The molecule has 0 saturated heterocycles. The first-order chi connectivity index (χ1) is 17.0. The van der Waals surface area contributed by atoms with Gasteiger partial charge in [-0.15, -0.1) is 11.3 Å². The minimum atomic E-state index is -2.11. The molecule has 3 heterocycles. The van der Waals surface area contributed by atoms with Crippen LogP contribution in [0, 0.1) is 6.92 Å². The zero-order valence-corrected chi connectivity index (χ0v) is 20.8. The highest BCUT2D eigenvalue weighted by Crippen LogP contribution is 2.31. The molecule has 2 atom stereocenters. The van der Waals surface area contributed by atoms with E-state index < -0.39 is 36.5 Å². The van der Waals surface area contributed by atoms with Crippen molar-refractivity contribution in [1.29, 1.82) is 0 Å². The Morgan fingerprint density at radius 2 is 1.86 bits per heavy atom. The second-order valence-electron chi connectivity index (χ2n) is 7.73. The van der Waals surface area contributed by atoms with Gasteiger partial charge >= 0.3 is 11.9 Å². The van der Waals surface area contributed by atoms with Crippen LogP contribution in [0.3, 0.4) is 0 Å². The summed E-state index contributed by atoms with van der Waals surface area (Å²) >= 11 is 1.16. The number of thiophene rings is 1. The molecule has 0 aliphatic carbocycles. The third-order valence-corrected chi connectivity index (χ3v) is 6.40. The number of amides is 1. The fourth-order valence-electron chi connectivity index (χ4n) is 3.35. The molecule has 5 N–H and O–H groups in total. The Hall–Kier alpha value is -4.14. The zero-order chi connectivity index (χ0) is 26.6. The van der Waals surface area contributed by atoms with Crippen LogP contribution in [0.5, 0.6) is 0 Å². The van der Waals surface area contributed by atoms with Crippen LogP contribution in [0.2, 0.25) is 0 Å². The number of nitrogen functional groups attached to an aromatic ring is 2. The molecule has 0 aliphatic rings. The molecule has 36 heavy (non-hydrogen) atoms. The van der Waals surface area contributed by atoms with Crippen LogP contribution in [0.15, 0.2) is 12.3 Å². The Morgan fingerprint density at radius 1 is 1.17 bits per heavy atom. The number of fused-ring (bicyclic) bond motifs is 1. The van der Waals surface area contributed by atoms with Crippen LogP contribution in [-0.2, 0) is 25.6 Å². The third kappa shape index (κ3) is 5.91. The maximum absolute atomic E-state index is 14.0. The quantitative estimate of drug-likeness (QED) is 0.337. The smallest absolute Gasteiger partial charge is 0.340 e. The summed E-state index contributed by atoms with van der Waals surface area (Å²) < 4.78 is 23.0. The highest BCUT2D eigenvalue weighted by molar-refractivity contribution is 7.18. The van der Waals surface area contributed by atoms with E-state index in [4.69, 9.17) is 11.5 Å². The van der Waals surface area contributed by atoms with Gasteiger partial charge in [0.25, 0.3) is 5.91 Å². The lowest BCUT2D eigenvalue weighted by Crippen LogP contribution is -2.44. The summed E-state index contributed by atoms with van der Waals surface area (Å²) in [5.74, 6) is -2.55. The van der Waals surface area contributed by atoms with E-state index in [2.05, 4.69) is 34.7 Å². The van der Waals surface area contributed by atoms with Gasteiger partial charge in [-0.05, 0) is 18.6 Å². The molecule has 192 valence electrons. The number of nitrogens with two attached hydrogens (primary N) is 2. The number of ether oxygens (including phenoxy) is 2. The largest absolute Gasteiger partial charge is 0.467 e. The van der Waals surface area contributed by atoms with Gasteiger partial charge in [-0.3, -0.25) is 4.79 Å². The number of aromatic nitrogens is 4. The number of hydrogen-bond acceptors (Lipinski definition) is 13.